The normalized spacial score (nSPS) is 12.7. The topological polar surface area (TPSA) is 81.2 Å². The van der Waals surface area contributed by atoms with Crippen LogP contribution in [0.3, 0.4) is 0 Å². The second kappa shape index (κ2) is 7.16. The average Bonchev–Trinajstić information content (AvgIpc) is 2.77. The van der Waals surface area contributed by atoms with E-state index in [9.17, 15) is 4.79 Å². The van der Waals surface area contributed by atoms with Crippen molar-refractivity contribution in [1.29, 1.82) is 0 Å². The van der Waals surface area contributed by atoms with Crippen molar-refractivity contribution in [1.82, 2.24) is 10.3 Å². The molecule has 102 valence electrons. The Bertz CT molecular complexity index is 374. The van der Waals surface area contributed by atoms with Crippen molar-refractivity contribution in [2.45, 2.75) is 46.1 Å². The molecule has 1 atom stereocenters. The molecule has 0 bridgehead atoms. The lowest BCUT2D eigenvalue weighted by atomic mass is 10.0. The first kappa shape index (κ1) is 14.7. The van der Waals surface area contributed by atoms with Crippen molar-refractivity contribution in [2.24, 2.45) is 11.7 Å². The maximum atomic E-state index is 11.7. The van der Waals surface area contributed by atoms with Crippen molar-refractivity contribution in [3.8, 4) is 0 Å². The van der Waals surface area contributed by atoms with Crippen molar-refractivity contribution < 1.29 is 9.21 Å². The second-order valence-corrected chi connectivity index (χ2v) is 4.92. The largest absolute Gasteiger partial charge is 0.446 e. The van der Waals surface area contributed by atoms with Crippen LogP contribution in [0.25, 0.3) is 0 Å². The van der Waals surface area contributed by atoms with Gasteiger partial charge in [-0.25, -0.2) is 4.98 Å². The molecule has 1 aromatic heterocycles. The maximum Gasteiger partial charge on any atom is 0.273 e. The van der Waals surface area contributed by atoms with Crippen LogP contribution < -0.4 is 11.1 Å². The number of oxazole rings is 1. The summed E-state index contributed by atoms with van der Waals surface area (Å²) in [5, 5.41) is 2.79. The molecule has 1 aromatic rings. The summed E-state index contributed by atoms with van der Waals surface area (Å²) < 4.78 is 5.26. The monoisotopic (exact) mass is 253 g/mol. The molecule has 1 rings (SSSR count). The first-order valence-corrected chi connectivity index (χ1v) is 6.53. The summed E-state index contributed by atoms with van der Waals surface area (Å²) in [5.74, 6) is 0.702. The fraction of sp³-hybridized carbons (Fsp3) is 0.692. The van der Waals surface area contributed by atoms with Gasteiger partial charge in [0.25, 0.3) is 5.91 Å². The van der Waals surface area contributed by atoms with Crippen molar-refractivity contribution in [2.75, 3.05) is 6.54 Å². The summed E-state index contributed by atoms with van der Waals surface area (Å²) in [5.41, 5.74) is 6.25. The van der Waals surface area contributed by atoms with E-state index in [1.165, 1.54) is 6.26 Å². The van der Waals surface area contributed by atoms with E-state index in [0.29, 0.717) is 24.0 Å². The minimum Gasteiger partial charge on any atom is -0.446 e. The number of nitrogens with one attached hydrogen (secondary N) is 1. The fourth-order valence-corrected chi connectivity index (χ4v) is 1.64. The highest BCUT2D eigenvalue weighted by molar-refractivity contribution is 5.91. The van der Waals surface area contributed by atoms with Gasteiger partial charge in [-0.2, -0.15) is 0 Å². The summed E-state index contributed by atoms with van der Waals surface area (Å²) in [4.78, 5) is 15.8. The molecule has 1 amide bonds. The van der Waals surface area contributed by atoms with E-state index in [1.54, 1.807) is 0 Å². The zero-order valence-corrected chi connectivity index (χ0v) is 11.4. The number of carbonyl (C=O) groups is 1. The molecule has 0 aromatic carbocycles. The Kier molecular flexibility index (Phi) is 5.85. The number of nitrogens with zero attached hydrogens (tertiary/aromatic N) is 1. The minimum absolute atomic E-state index is 0.199. The third-order valence-electron chi connectivity index (χ3n) is 2.61. The van der Waals surface area contributed by atoms with Gasteiger partial charge in [-0.1, -0.05) is 27.2 Å². The minimum atomic E-state index is -0.248. The summed E-state index contributed by atoms with van der Waals surface area (Å²) in [6.07, 6.45) is 4.17. The number of hydrogen-bond acceptors (Lipinski definition) is 4. The van der Waals surface area contributed by atoms with E-state index in [2.05, 4.69) is 31.1 Å². The molecule has 1 unspecified atom stereocenters. The lowest BCUT2D eigenvalue weighted by Crippen LogP contribution is -2.24. The Morgan fingerprint density at radius 3 is 2.89 bits per heavy atom. The third-order valence-corrected chi connectivity index (χ3v) is 2.61. The first-order chi connectivity index (χ1) is 8.54. The lowest BCUT2D eigenvalue weighted by Gasteiger charge is -2.09. The Morgan fingerprint density at radius 2 is 2.28 bits per heavy atom. The van der Waals surface area contributed by atoms with Crippen LogP contribution in [0, 0.1) is 5.92 Å². The quantitative estimate of drug-likeness (QED) is 0.730. The number of hydrogen-bond donors (Lipinski definition) is 2. The maximum absolute atomic E-state index is 11.7. The molecule has 0 saturated heterocycles. The van der Waals surface area contributed by atoms with Crippen LogP contribution in [-0.4, -0.2) is 17.4 Å². The van der Waals surface area contributed by atoms with Gasteiger partial charge < -0.3 is 15.5 Å². The third kappa shape index (κ3) is 4.49. The Hall–Kier alpha value is -1.36. The number of rotatable bonds is 7. The molecule has 0 aliphatic heterocycles. The molecule has 5 heteroatoms. The number of carbonyl (C=O) groups excluding carboxylic acids is 1. The Morgan fingerprint density at radius 1 is 1.56 bits per heavy atom. The van der Waals surface area contributed by atoms with Crippen molar-refractivity contribution >= 4 is 5.91 Å². The van der Waals surface area contributed by atoms with Crippen molar-refractivity contribution in [3.63, 3.8) is 0 Å². The number of aromatic nitrogens is 1. The molecule has 18 heavy (non-hydrogen) atoms. The van der Waals surface area contributed by atoms with Crippen LogP contribution >= 0.6 is 0 Å². The zero-order valence-electron chi connectivity index (χ0n) is 11.4. The van der Waals surface area contributed by atoms with Gasteiger partial charge in [0.1, 0.15) is 6.26 Å². The average molecular weight is 253 g/mol. The van der Waals surface area contributed by atoms with Gasteiger partial charge in [-0.05, 0) is 18.8 Å². The molecule has 0 spiro atoms. The molecule has 3 N–H and O–H groups in total. The van der Waals surface area contributed by atoms with Crippen molar-refractivity contribution in [3.05, 3.63) is 17.8 Å². The van der Waals surface area contributed by atoms with E-state index in [0.717, 1.165) is 19.3 Å². The van der Waals surface area contributed by atoms with Gasteiger partial charge in [-0.3, -0.25) is 4.79 Å². The highest BCUT2D eigenvalue weighted by Crippen LogP contribution is 2.17. The number of amides is 1. The van der Waals surface area contributed by atoms with E-state index in [4.69, 9.17) is 10.2 Å². The van der Waals surface area contributed by atoms with Gasteiger partial charge in [0.2, 0.25) is 5.89 Å². The summed E-state index contributed by atoms with van der Waals surface area (Å²) in [7, 11) is 0. The number of unbranched alkanes of at least 4 members (excludes halogenated alkanes) is 1. The van der Waals surface area contributed by atoms with Crippen LogP contribution in [0.1, 0.15) is 62.5 Å². The lowest BCUT2D eigenvalue weighted by molar-refractivity contribution is 0.0948. The van der Waals surface area contributed by atoms with Crippen LogP contribution in [0.15, 0.2) is 10.7 Å². The predicted molar refractivity (Wildman–Crippen MR) is 70.1 cm³/mol. The highest BCUT2D eigenvalue weighted by Gasteiger charge is 2.17. The molecule has 5 nitrogen and oxygen atoms in total. The molecule has 0 saturated carbocycles. The van der Waals surface area contributed by atoms with Crippen LogP contribution in [0.5, 0.6) is 0 Å². The van der Waals surface area contributed by atoms with Crippen LogP contribution in [0.2, 0.25) is 0 Å². The second-order valence-electron chi connectivity index (χ2n) is 4.92. The highest BCUT2D eigenvalue weighted by atomic mass is 16.3. The van der Waals surface area contributed by atoms with Gasteiger partial charge in [0.05, 0.1) is 6.04 Å². The fourth-order valence-electron chi connectivity index (χ4n) is 1.64. The van der Waals surface area contributed by atoms with Crippen LogP contribution in [0.4, 0.5) is 0 Å². The molecular formula is C13H23N3O2. The molecule has 0 fully saturated rings. The SMILES string of the molecule is CCCCNC(=O)c1coc(C(N)CC(C)C)n1. The summed E-state index contributed by atoms with van der Waals surface area (Å²) in [6, 6.07) is -0.248. The molecule has 0 radical (unpaired) electrons. The van der Waals surface area contributed by atoms with E-state index < -0.39 is 0 Å². The molecular weight excluding hydrogens is 230 g/mol. The predicted octanol–water partition coefficient (Wildman–Crippen LogP) is 2.25. The van der Waals surface area contributed by atoms with E-state index in [-0.39, 0.29) is 11.9 Å². The zero-order chi connectivity index (χ0) is 13.5. The molecule has 1 heterocycles. The standard InChI is InChI=1S/C13H23N3O2/c1-4-5-6-15-12(17)11-8-18-13(16-11)10(14)7-9(2)3/h8-10H,4-7,14H2,1-3H3,(H,15,17). The van der Waals surface area contributed by atoms with Crippen LogP contribution in [-0.2, 0) is 0 Å². The first-order valence-electron chi connectivity index (χ1n) is 6.53. The van der Waals surface area contributed by atoms with Gasteiger partial charge in [-0.15, -0.1) is 0 Å². The van der Waals surface area contributed by atoms with Gasteiger partial charge in [0.15, 0.2) is 5.69 Å². The Balaban J connectivity index is 2.54. The van der Waals surface area contributed by atoms with Gasteiger partial charge in [0, 0.05) is 6.54 Å². The summed E-state index contributed by atoms with van der Waals surface area (Å²) in [6.45, 7) is 6.91. The van der Waals surface area contributed by atoms with E-state index >= 15 is 0 Å². The smallest absolute Gasteiger partial charge is 0.273 e. The van der Waals surface area contributed by atoms with E-state index in [1.807, 2.05) is 0 Å². The van der Waals surface area contributed by atoms with Gasteiger partial charge >= 0.3 is 0 Å². The number of nitrogens with two attached hydrogens (primary N) is 1. The molecule has 0 aliphatic rings. The molecule has 0 aliphatic carbocycles. The Labute approximate surface area is 108 Å². The summed E-state index contributed by atoms with van der Waals surface area (Å²) >= 11 is 0.